The molecular formula is C16H27NO3. The first-order valence-electron chi connectivity index (χ1n) is 7.91. The molecule has 0 aromatic rings. The van der Waals surface area contributed by atoms with Crippen LogP contribution in [0.15, 0.2) is 0 Å². The molecule has 2 fully saturated rings. The lowest BCUT2D eigenvalue weighted by atomic mass is 9.79. The van der Waals surface area contributed by atoms with E-state index in [9.17, 15) is 14.7 Å². The molecule has 0 saturated heterocycles. The van der Waals surface area contributed by atoms with Gasteiger partial charge in [-0.1, -0.05) is 20.8 Å². The van der Waals surface area contributed by atoms with Crippen molar-refractivity contribution in [2.24, 2.45) is 29.6 Å². The van der Waals surface area contributed by atoms with Gasteiger partial charge in [0.25, 0.3) is 0 Å². The topological polar surface area (TPSA) is 66.4 Å². The highest BCUT2D eigenvalue weighted by Crippen LogP contribution is 2.37. The van der Waals surface area contributed by atoms with Crippen molar-refractivity contribution in [3.8, 4) is 0 Å². The minimum absolute atomic E-state index is 0.0338. The average Bonchev–Trinajstić information content (AvgIpc) is 2.76. The predicted molar refractivity (Wildman–Crippen MR) is 77.1 cm³/mol. The van der Waals surface area contributed by atoms with Gasteiger partial charge in [-0.3, -0.25) is 9.59 Å². The summed E-state index contributed by atoms with van der Waals surface area (Å²) in [6.07, 6.45) is 4.53. The zero-order valence-corrected chi connectivity index (χ0v) is 12.8. The van der Waals surface area contributed by atoms with Crippen LogP contribution in [0.5, 0.6) is 0 Å². The van der Waals surface area contributed by atoms with Gasteiger partial charge in [0.15, 0.2) is 0 Å². The van der Waals surface area contributed by atoms with Crippen LogP contribution < -0.4 is 5.32 Å². The highest BCUT2D eigenvalue weighted by molar-refractivity contribution is 5.85. The zero-order valence-electron chi connectivity index (χ0n) is 12.8. The molecule has 0 spiro atoms. The van der Waals surface area contributed by atoms with Crippen molar-refractivity contribution in [2.75, 3.05) is 0 Å². The number of amides is 1. The molecule has 0 bridgehead atoms. The molecule has 0 radical (unpaired) electrons. The summed E-state index contributed by atoms with van der Waals surface area (Å²) in [6.45, 7) is 6.54. The molecule has 2 saturated carbocycles. The number of hydrogen-bond acceptors (Lipinski definition) is 2. The molecule has 2 rings (SSSR count). The van der Waals surface area contributed by atoms with Crippen molar-refractivity contribution < 1.29 is 14.7 Å². The maximum absolute atomic E-state index is 12.4. The summed E-state index contributed by atoms with van der Waals surface area (Å²) in [4.78, 5) is 23.7. The summed E-state index contributed by atoms with van der Waals surface area (Å²) in [7, 11) is 0. The Bertz CT molecular complexity index is 382. The number of carboxylic acids is 1. The molecule has 4 heteroatoms. The summed E-state index contributed by atoms with van der Waals surface area (Å²) in [6, 6.07) is 0.235. The third-order valence-electron chi connectivity index (χ3n) is 5.40. The Kier molecular flexibility index (Phi) is 4.71. The molecule has 114 valence electrons. The van der Waals surface area contributed by atoms with Gasteiger partial charge in [0.1, 0.15) is 0 Å². The maximum atomic E-state index is 12.4. The van der Waals surface area contributed by atoms with E-state index in [0.29, 0.717) is 24.7 Å². The van der Waals surface area contributed by atoms with Crippen LogP contribution in [0.4, 0.5) is 0 Å². The Morgan fingerprint density at radius 2 is 1.60 bits per heavy atom. The van der Waals surface area contributed by atoms with E-state index >= 15 is 0 Å². The van der Waals surface area contributed by atoms with Crippen molar-refractivity contribution in [2.45, 2.75) is 58.9 Å². The van der Waals surface area contributed by atoms with Crippen molar-refractivity contribution in [1.29, 1.82) is 0 Å². The Morgan fingerprint density at radius 1 is 0.950 bits per heavy atom. The first kappa shape index (κ1) is 15.3. The molecule has 4 nitrogen and oxygen atoms in total. The van der Waals surface area contributed by atoms with Crippen LogP contribution in [0.3, 0.4) is 0 Å². The predicted octanol–water partition coefficient (Wildman–Crippen LogP) is 2.67. The Balaban J connectivity index is 1.92. The van der Waals surface area contributed by atoms with Gasteiger partial charge in [-0.25, -0.2) is 0 Å². The largest absolute Gasteiger partial charge is 0.481 e. The van der Waals surface area contributed by atoms with Gasteiger partial charge in [0, 0.05) is 6.04 Å². The van der Waals surface area contributed by atoms with Gasteiger partial charge in [0.2, 0.25) is 5.91 Å². The lowest BCUT2D eigenvalue weighted by Gasteiger charge is -2.33. The molecule has 4 unspecified atom stereocenters. The quantitative estimate of drug-likeness (QED) is 0.836. The fourth-order valence-electron chi connectivity index (χ4n) is 3.84. The van der Waals surface area contributed by atoms with Gasteiger partial charge >= 0.3 is 5.97 Å². The van der Waals surface area contributed by atoms with Gasteiger partial charge < -0.3 is 10.4 Å². The number of carbonyl (C=O) groups is 2. The molecule has 6 atom stereocenters. The van der Waals surface area contributed by atoms with Crippen molar-refractivity contribution in [1.82, 2.24) is 5.32 Å². The van der Waals surface area contributed by atoms with Crippen molar-refractivity contribution in [3.63, 3.8) is 0 Å². The second-order valence-electron chi connectivity index (χ2n) is 7.10. The Labute approximate surface area is 121 Å². The van der Waals surface area contributed by atoms with Gasteiger partial charge in [-0.15, -0.1) is 0 Å². The van der Waals surface area contributed by atoms with Crippen LogP contribution in [0.2, 0.25) is 0 Å². The van der Waals surface area contributed by atoms with Gasteiger partial charge in [-0.05, 0) is 49.9 Å². The van der Waals surface area contributed by atoms with Crippen LogP contribution in [0.25, 0.3) is 0 Å². The fourth-order valence-corrected chi connectivity index (χ4v) is 3.84. The van der Waals surface area contributed by atoms with Crippen molar-refractivity contribution >= 4 is 11.9 Å². The standard InChI is InChI=1S/C16H27NO3/c1-9-6-13(14(7-9)16(19)20)15(18)17-12-5-4-10(2)11(3)8-12/h9-14H,4-8H2,1-3H3,(H,17,18)(H,19,20)/t9?,10?,11?,12?,13-,14+/m0/s1. The number of rotatable bonds is 3. The highest BCUT2D eigenvalue weighted by atomic mass is 16.4. The van der Waals surface area contributed by atoms with E-state index in [0.717, 1.165) is 25.2 Å². The summed E-state index contributed by atoms with van der Waals surface area (Å²) in [5.74, 6) is 0.00104. The molecule has 0 heterocycles. The molecule has 2 aliphatic carbocycles. The molecule has 2 N–H and O–H groups in total. The third kappa shape index (κ3) is 3.33. The van der Waals surface area contributed by atoms with Gasteiger partial charge in [0.05, 0.1) is 11.8 Å². The Hall–Kier alpha value is -1.06. The first-order valence-corrected chi connectivity index (χ1v) is 7.91. The van der Waals surface area contributed by atoms with Crippen molar-refractivity contribution in [3.05, 3.63) is 0 Å². The normalized spacial score (nSPS) is 41.4. The molecule has 2 aliphatic rings. The number of carboxylic acid groups (broad SMARTS) is 1. The van der Waals surface area contributed by atoms with E-state index in [1.54, 1.807) is 0 Å². The van der Waals surface area contributed by atoms with Crippen LogP contribution in [-0.2, 0) is 9.59 Å². The van der Waals surface area contributed by atoms with E-state index in [1.807, 2.05) is 6.92 Å². The zero-order chi connectivity index (χ0) is 14.9. The van der Waals surface area contributed by atoms with Crippen LogP contribution in [0, 0.1) is 29.6 Å². The SMILES string of the molecule is CC1C[C@H](C(=O)NC2CCC(C)C(C)C2)[C@H](C(=O)O)C1. The molecule has 0 aliphatic heterocycles. The van der Waals surface area contributed by atoms with Crippen LogP contribution >= 0.6 is 0 Å². The number of nitrogens with one attached hydrogen (secondary N) is 1. The Morgan fingerprint density at radius 3 is 2.20 bits per heavy atom. The average molecular weight is 281 g/mol. The lowest BCUT2D eigenvalue weighted by Crippen LogP contribution is -2.44. The number of aliphatic carboxylic acids is 1. The van der Waals surface area contributed by atoms with Crippen LogP contribution in [0.1, 0.15) is 52.9 Å². The van der Waals surface area contributed by atoms with E-state index in [1.165, 1.54) is 0 Å². The van der Waals surface area contributed by atoms with E-state index in [-0.39, 0.29) is 17.9 Å². The minimum Gasteiger partial charge on any atom is -0.481 e. The number of carbonyl (C=O) groups excluding carboxylic acids is 1. The van der Waals surface area contributed by atoms with E-state index in [4.69, 9.17) is 0 Å². The third-order valence-corrected chi connectivity index (χ3v) is 5.40. The fraction of sp³-hybridized carbons (Fsp3) is 0.875. The monoisotopic (exact) mass is 281 g/mol. The molecular weight excluding hydrogens is 254 g/mol. The van der Waals surface area contributed by atoms with Crippen LogP contribution in [-0.4, -0.2) is 23.0 Å². The molecule has 1 amide bonds. The minimum atomic E-state index is -0.819. The molecule has 20 heavy (non-hydrogen) atoms. The first-order chi connectivity index (χ1) is 9.38. The van der Waals surface area contributed by atoms with E-state index in [2.05, 4.69) is 19.2 Å². The maximum Gasteiger partial charge on any atom is 0.307 e. The summed E-state index contributed by atoms with van der Waals surface area (Å²) >= 11 is 0. The summed E-state index contributed by atoms with van der Waals surface area (Å²) < 4.78 is 0. The second kappa shape index (κ2) is 6.15. The summed E-state index contributed by atoms with van der Waals surface area (Å²) in [5, 5.41) is 12.4. The summed E-state index contributed by atoms with van der Waals surface area (Å²) in [5.41, 5.74) is 0. The highest BCUT2D eigenvalue weighted by Gasteiger charge is 2.41. The van der Waals surface area contributed by atoms with Gasteiger partial charge in [-0.2, -0.15) is 0 Å². The smallest absolute Gasteiger partial charge is 0.307 e. The lowest BCUT2D eigenvalue weighted by molar-refractivity contribution is -0.146. The molecule has 0 aromatic carbocycles. The van der Waals surface area contributed by atoms with E-state index < -0.39 is 11.9 Å². The second-order valence-corrected chi connectivity index (χ2v) is 7.10. The molecule has 0 aromatic heterocycles. The number of hydrogen-bond donors (Lipinski definition) is 2.